The molecule has 4 atom stereocenters. The summed E-state index contributed by atoms with van der Waals surface area (Å²) in [5.41, 5.74) is 0. The van der Waals surface area contributed by atoms with Crippen molar-refractivity contribution in [2.45, 2.75) is 65.7 Å². The molecule has 2 saturated heterocycles. The number of hydrogen-bond acceptors (Lipinski definition) is 4. The second kappa shape index (κ2) is 17.4. The summed E-state index contributed by atoms with van der Waals surface area (Å²) < 4.78 is 0. The maximum Gasteiger partial charge on any atom is 0.0169 e. The molecule has 4 nitrogen and oxygen atoms in total. The molecule has 0 aromatic carbocycles. The quantitative estimate of drug-likeness (QED) is 0.705. The van der Waals surface area contributed by atoms with Crippen molar-refractivity contribution in [3.63, 3.8) is 0 Å². The van der Waals surface area contributed by atoms with Crippen LogP contribution >= 0.6 is 49.6 Å². The van der Waals surface area contributed by atoms with E-state index in [0.717, 1.165) is 0 Å². The molecule has 2 N–H and O–H groups in total. The van der Waals surface area contributed by atoms with Gasteiger partial charge in [-0.2, -0.15) is 0 Å². The summed E-state index contributed by atoms with van der Waals surface area (Å²) in [7, 11) is 0. The highest BCUT2D eigenvalue weighted by Gasteiger charge is 2.19. The molecule has 0 aromatic rings. The average molecular weight is 430 g/mol. The molecule has 152 valence electrons. The Hall–Kier alpha value is 1.00. The predicted molar refractivity (Wildman–Crippen MR) is 117 cm³/mol. The SMILES string of the molecule is CCN1C[C@@H](C)N[C@@H](C)C1.CCN1C[C@@H](C)N[C@@H](C)C1.Cl.Cl.Cl.Cl. The minimum Gasteiger partial charge on any atom is -0.309 e. The van der Waals surface area contributed by atoms with E-state index >= 15 is 0 Å². The number of halogens is 4. The predicted octanol–water partition coefficient (Wildman–Crippen LogP) is 3.06. The summed E-state index contributed by atoms with van der Waals surface area (Å²) in [6.45, 7) is 20.7. The maximum atomic E-state index is 3.50. The molecular weight excluding hydrogens is 390 g/mol. The van der Waals surface area contributed by atoms with Gasteiger partial charge >= 0.3 is 0 Å². The van der Waals surface area contributed by atoms with E-state index < -0.39 is 0 Å². The summed E-state index contributed by atoms with van der Waals surface area (Å²) >= 11 is 0. The lowest BCUT2D eigenvalue weighted by molar-refractivity contribution is 0.181. The highest BCUT2D eigenvalue weighted by atomic mass is 35.5. The van der Waals surface area contributed by atoms with Crippen LogP contribution in [0, 0.1) is 0 Å². The second-order valence-corrected chi connectivity index (χ2v) is 6.64. The maximum absolute atomic E-state index is 3.50. The van der Waals surface area contributed by atoms with E-state index in [1.54, 1.807) is 0 Å². The van der Waals surface area contributed by atoms with E-state index in [2.05, 4.69) is 62.0 Å². The fourth-order valence-electron chi connectivity index (χ4n) is 3.40. The summed E-state index contributed by atoms with van der Waals surface area (Å²) in [4.78, 5) is 4.98. The van der Waals surface area contributed by atoms with Crippen molar-refractivity contribution < 1.29 is 0 Å². The Morgan fingerprint density at radius 1 is 0.583 bits per heavy atom. The second-order valence-electron chi connectivity index (χ2n) is 6.64. The fraction of sp³-hybridized carbons (Fsp3) is 1.00. The molecule has 0 saturated carbocycles. The number of likely N-dealkylation sites (N-methyl/N-ethyl adjacent to an activating group) is 2. The molecule has 0 radical (unpaired) electrons. The van der Waals surface area contributed by atoms with Gasteiger partial charge in [-0.15, -0.1) is 49.6 Å². The van der Waals surface area contributed by atoms with Gasteiger partial charge in [0.2, 0.25) is 0 Å². The molecular formula is C16H40Cl4N4. The van der Waals surface area contributed by atoms with E-state index in [-0.39, 0.29) is 49.6 Å². The largest absolute Gasteiger partial charge is 0.309 e. The lowest BCUT2D eigenvalue weighted by Gasteiger charge is -2.35. The number of piperazine rings is 2. The van der Waals surface area contributed by atoms with Crippen molar-refractivity contribution >= 4 is 49.6 Å². The Balaban J connectivity index is -0.000000143. The smallest absolute Gasteiger partial charge is 0.0169 e. The fourth-order valence-corrected chi connectivity index (χ4v) is 3.40. The molecule has 0 amide bonds. The number of rotatable bonds is 2. The van der Waals surface area contributed by atoms with Crippen molar-refractivity contribution in [2.75, 3.05) is 39.3 Å². The van der Waals surface area contributed by atoms with E-state index in [4.69, 9.17) is 0 Å². The van der Waals surface area contributed by atoms with Crippen molar-refractivity contribution in [1.82, 2.24) is 20.4 Å². The van der Waals surface area contributed by atoms with Gasteiger partial charge in [-0.25, -0.2) is 0 Å². The summed E-state index contributed by atoms with van der Waals surface area (Å²) in [5, 5.41) is 7.00. The first-order valence-electron chi connectivity index (χ1n) is 8.41. The van der Waals surface area contributed by atoms with Crippen LogP contribution in [0.5, 0.6) is 0 Å². The number of nitrogens with zero attached hydrogens (tertiary/aromatic N) is 2. The molecule has 0 unspecified atom stereocenters. The summed E-state index contributed by atoms with van der Waals surface area (Å²) in [6.07, 6.45) is 0. The molecule has 24 heavy (non-hydrogen) atoms. The zero-order valence-electron chi connectivity index (χ0n) is 16.1. The summed E-state index contributed by atoms with van der Waals surface area (Å²) in [6, 6.07) is 2.68. The standard InChI is InChI=1S/2C8H18N2.4ClH/c2*1-4-10-5-7(2)9-8(3)6-10;;;;/h2*7-9H,4-6H2,1-3H3;4*1H/t2*7-,8+;;;;. The Morgan fingerprint density at radius 3 is 0.958 bits per heavy atom. The monoisotopic (exact) mass is 428 g/mol. The molecule has 2 heterocycles. The molecule has 2 fully saturated rings. The molecule has 0 aromatic heterocycles. The topological polar surface area (TPSA) is 30.5 Å². The Morgan fingerprint density at radius 2 is 0.792 bits per heavy atom. The van der Waals surface area contributed by atoms with Gasteiger partial charge in [0.05, 0.1) is 0 Å². The van der Waals surface area contributed by atoms with E-state index in [0.29, 0.717) is 24.2 Å². The zero-order valence-corrected chi connectivity index (χ0v) is 19.3. The molecule has 0 spiro atoms. The Kier molecular flexibility index (Phi) is 23.7. The van der Waals surface area contributed by atoms with Crippen LogP contribution in [-0.4, -0.2) is 73.2 Å². The van der Waals surface area contributed by atoms with Crippen LogP contribution in [0.1, 0.15) is 41.5 Å². The van der Waals surface area contributed by atoms with Crippen molar-refractivity contribution in [3.8, 4) is 0 Å². The van der Waals surface area contributed by atoms with Gasteiger partial charge in [-0.05, 0) is 40.8 Å². The molecule has 8 heteroatoms. The Bertz CT molecular complexity index is 228. The average Bonchev–Trinajstić information content (AvgIpc) is 2.37. The first kappa shape index (κ1) is 32.7. The molecule has 2 rings (SSSR count). The van der Waals surface area contributed by atoms with Crippen molar-refractivity contribution in [2.24, 2.45) is 0 Å². The molecule has 2 aliphatic heterocycles. The molecule has 0 bridgehead atoms. The number of nitrogens with one attached hydrogen (secondary N) is 2. The van der Waals surface area contributed by atoms with Crippen LogP contribution in [0.3, 0.4) is 0 Å². The zero-order chi connectivity index (χ0) is 15.1. The third kappa shape index (κ3) is 13.2. The van der Waals surface area contributed by atoms with Crippen LogP contribution in [0.2, 0.25) is 0 Å². The lowest BCUT2D eigenvalue weighted by Crippen LogP contribution is -2.53. The van der Waals surface area contributed by atoms with Crippen LogP contribution in [0.25, 0.3) is 0 Å². The van der Waals surface area contributed by atoms with E-state index in [9.17, 15) is 0 Å². The normalized spacial score (nSPS) is 30.2. The van der Waals surface area contributed by atoms with Gasteiger partial charge in [0, 0.05) is 50.3 Å². The minimum atomic E-state index is 0. The van der Waals surface area contributed by atoms with Gasteiger partial charge in [0.25, 0.3) is 0 Å². The molecule has 2 aliphatic rings. The highest BCUT2D eigenvalue weighted by Crippen LogP contribution is 2.03. The van der Waals surface area contributed by atoms with E-state index in [1.807, 2.05) is 0 Å². The van der Waals surface area contributed by atoms with Crippen molar-refractivity contribution in [3.05, 3.63) is 0 Å². The van der Waals surface area contributed by atoms with E-state index in [1.165, 1.54) is 39.3 Å². The van der Waals surface area contributed by atoms with Gasteiger partial charge in [-0.1, -0.05) is 13.8 Å². The van der Waals surface area contributed by atoms with Gasteiger partial charge in [0.15, 0.2) is 0 Å². The van der Waals surface area contributed by atoms with Crippen LogP contribution in [0.15, 0.2) is 0 Å². The first-order valence-corrected chi connectivity index (χ1v) is 8.41. The van der Waals surface area contributed by atoms with Gasteiger partial charge in [-0.3, -0.25) is 0 Å². The third-order valence-electron chi connectivity index (χ3n) is 4.16. The van der Waals surface area contributed by atoms with Gasteiger partial charge < -0.3 is 20.4 Å². The van der Waals surface area contributed by atoms with Crippen LogP contribution < -0.4 is 10.6 Å². The summed E-state index contributed by atoms with van der Waals surface area (Å²) in [5.74, 6) is 0. The Labute approximate surface area is 174 Å². The molecule has 0 aliphatic carbocycles. The minimum absolute atomic E-state index is 0. The van der Waals surface area contributed by atoms with Crippen LogP contribution in [0.4, 0.5) is 0 Å². The van der Waals surface area contributed by atoms with Crippen LogP contribution in [-0.2, 0) is 0 Å². The number of hydrogen-bond donors (Lipinski definition) is 2. The van der Waals surface area contributed by atoms with Crippen molar-refractivity contribution in [1.29, 1.82) is 0 Å². The third-order valence-corrected chi connectivity index (χ3v) is 4.16. The lowest BCUT2D eigenvalue weighted by atomic mass is 10.1. The highest BCUT2D eigenvalue weighted by molar-refractivity contribution is 5.86. The first-order chi connectivity index (χ1) is 9.44. The van der Waals surface area contributed by atoms with Gasteiger partial charge in [0.1, 0.15) is 0 Å².